The van der Waals surface area contributed by atoms with Crippen molar-refractivity contribution in [3.63, 3.8) is 0 Å². The highest BCUT2D eigenvalue weighted by atomic mass is 19.1. The average molecular weight is 412 g/mol. The highest BCUT2D eigenvalue weighted by molar-refractivity contribution is 5.94. The lowest BCUT2D eigenvalue weighted by molar-refractivity contribution is 0.0563. The van der Waals surface area contributed by atoms with E-state index in [0.717, 1.165) is 69.0 Å². The number of ether oxygens (including phenoxy) is 1. The Bertz CT molecular complexity index is 896. The first-order valence-corrected chi connectivity index (χ1v) is 10.7. The first-order chi connectivity index (χ1) is 14.6. The van der Waals surface area contributed by atoms with Crippen LogP contribution in [0.5, 0.6) is 5.75 Å². The van der Waals surface area contributed by atoms with E-state index in [-0.39, 0.29) is 11.7 Å². The van der Waals surface area contributed by atoms with Crippen molar-refractivity contribution in [2.75, 3.05) is 51.3 Å². The van der Waals surface area contributed by atoms with Gasteiger partial charge in [-0.15, -0.1) is 0 Å². The van der Waals surface area contributed by atoms with Crippen LogP contribution in [-0.4, -0.2) is 68.1 Å². The van der Waals surface area contributed by atoms with Crippen molar-refractivity contribution >= 4 is 11.6 Å². The topological polar surface area (TPSA) is 36.0 Å². The number of piperidine rings is 1. The lowest BCUT2D eigenvalue weighted by Gasteiger charge is -2.44. The highest BCUT2D eigenvalue weighted by Crippen LogP contribution is 2.25. The van der Waals surface area contributed by atoms with E-state index in [1.807, 2.05) is 42.2 Å². The van der Waals surface area contributed by atoms with Crippen molar-refractivity contribution in [1.82, 2.24) is 9.80 Å². The predicted octanol–water partition coefficient (Wildman–Crippen LogP) is 3.57. The zero-order valence-corrected chi connectivity index (χ0v) is 17.8. The number of likely N-dealkylation sites (tertiary alicyclic amines) is 1. The molecule has 0 bridgehead atoms. The molecule has 0 N–H and O–H groups in total. The number of carbonyl (C=O) groups is 1. The number of hydrogen-bond donors (Lipinski definition) is 0. The van der Waals surface area contributed by atoms with Crippen molar-refractivity contribution in [3.8, 4) is 5.75 Å². The van der Waals surface area contributed by atoms with Crippen LogP contribution in [0.1, 0.15) is 28.8 Å². The normalized spacial score (nSPS) is 20.3. The summed E-state index contributed by atoms with van der Waals surface area (Å²) < 4.78 is 19.4. The summed E-state index contributed by atoms with van der Waals surface area (Å²) in [6, 6.07) is 13.0. The van der Waals surface area contributed by atoms with E-state index in [0.29, 0.717) is 11.7 Å². The Kier molecular flexibility index (Phi) is 6.23. The Morgan fingerprint density at radius 1 is 1.07 bits per heavy atom. The number of anilines is 1. The number of nitrogens with zero attached hydrogens (tertiary/aromatic N) is 3. The molecule has 4 rings (SSSR count). The van der Waals surface area contributed by atoms with Crippen molar-refractivity contribution < 1.29 is 13.9 Å². The van der Waals surface area contributed by atoms with Crippen molar-refractivity contribution in [3.05, 3.63) is 59.4 Å². The van der Waals surface area contributed by atoms with Crippen molar-refractivity contribution in [2.24, 2.45) is 0 Å². The van der Waals surface area contributed by atoms with Crippen LogP contribution in [0.4, 0.5) is 10.1 Å². The van der Waals surface area contributed by atoms with Crippen LogP contribution in [0.2, 0.25) is 0 Å². The summed E-state index contributed by atoms with van der Waals surface area (Å²) in [6.07, 6.45) is 2.12. The standard InChI is InChI=1S/C24H30FN3O2/c1-18-16-19(9-10-23(18)30-2)24(29)28-11-5-6-20(17-28)26-12-14-27(15-13-26)22-8-4-3-7-21(22)25/h3-4,7-10,16,20H,5-6,11-15,17H2,1-2H3. The zero-order chi connectivity index (χ0) is 21.1. The minimum Gasteiger partial charge on any atom is -0.496 e. The van der Waals surface area contributed by atoms with Gasteiger partial charge in [-0.2, -0.15) is 0 Å². The number of methoxy groups -OCH3 is 1. The zero-order valence-electron chi connectivity index (χ0n) is 17.8. The monoisotopic (exact) mass is 411 g/mol. The third-order valence-corrected chi connectivity index (χ3v) is 6.35. The molecule has 2 fully saturated rings. The molecule has 0 aromatic heterocycles. The fraction of sp³-hybridized carbons (Fsp3) is 0.458. The summed E-state index contributed by atoms with van der Waals surface area (Å²) in [6.45, 7) is 6.92. The fourth-order valence-corrected chi connectivity index (χ4v) is 4.67. The Hall–Kier alpha value is -2.60. The molecule has 0 radical (unpaired) electrons. The molecule has 2 aliphatic rings. The number of aryl methyl sites for hydroxylation is 1. The molecule has 2 heterocycles. The number of rotatable bonds is 4. The molecule has 1 unspecified atom stereocenters. The molecule has 0 saturated carbocycles. The highest BCUT2D eigenvalue weighted by Gasteiger charge is 2.31. The Morgan fingerprint density at radius 2 is 1.83 bits per heavy atom. The van der Waals surface area contributed by atoms with Gasteiger partial charge in [0.05, 0.1) is 12.8 Å². The molecule has 2 aliphatic heterocycles. The van der Waals surface area contributed by atoms with Crippen molar-refractivity contribution in [2.45, 2.75) is 25.8 Å². The molecule has 5 nitrogen and oxygen atoms in total. The lowest BCUT2D eigenvalue weighted by Crippen LogP contribution is -2.56. The van der Waals surface area contributed by atoms with Crippen LogP contribution in [0, 0.1) is 12.7 Å². The van der Waals surface area contributed by atoms with E-state index in [1.165, 1.54) is 6.07 Å². The second-order valence-corrected chi connectivity index (χ2v) is 8.21. The summed E-state index contributed by atoms with van der Waals surface area (Å²) in [5.41, 5.74) is 2.38. The lowest BCUT2D eigenvalue weighted by atomic mass is 10.0. The van der Waals surface area contributed by atoms with Crippen LogP contribution in [0.3, 0.4) is 0 Å². The molecule has 2 aromatic carbocycles. The molecular formula is C24H30FN3O2. The number of amides is 1. The SMILES string of the molecule is COc1ccc(C(=O)N2CCCC(N3CCN(c4ccccc4F)CC3)C2)cc1C. The minimum atomic E-state index is -0.157. The van der Waals surface area contributed by atoms with Crippen LogP contribution >= 0.6 is 0 Å². The van der Waals surface area contributed by atoms with Gasteiger partial charge in [-0.25, -0.2) is 4.39 Å². The van der Waals surface area contributed by atoms with Crippen molar-refractivity contribution in [1.29, 1.82) is 0 Å². The van der Waals surface area contributed by atoms with E-state index >= 15 is 0 Å². The number of benzene rings is 2. The number of hydrogen-bond acceptors (Lipinski definition) is 4. The third kappa shape index (κ3) is 4.29. The smallest absolute Gasteiger partial charge is 0.253 e. The Morgan fingerprint density at radius 3 is 2.53 bits per heavy atom. The van der Waals surface area contributed by atoms with E-state index in [4.69, 9.17) is 4.74 Å². The van der Waals surface area contributed by atoms with Gasteiger partial charge in [0.1, 0.15) is 11.6 Å². The molecule has 30 heavy (non-hydrogen) atoms. The fourth-order valence-electron chi connectivity index (χ4n) is 4.67. The molecular weight excluding hydrogens is 381 g/mol. The quantitative estimate of drug-likeness (QED) is 0.771. The van der Waals surface area contributed by atoms with Gasteiger partial charge in [0.15, 0.2) is 0 Å². The maximum atomic E-state index is 14.1. The second kappa shape index (κ2) is 9.04. The second-order valence-electron chi connectivity index (χ2n) is 8.21. The summed E-state index contributed by atoms with van der Waals surface area (Å²) in [4.78, 5) is 19.6. The van der Waals surface area contributed by atoms with Crippen LogP contribution in [0.15, 0.2) is 42.5 Å². The van der Waals surface area contributed by atoms with E-state index in [9.17, 15) is 9.18 Å². The van der Waals surface area contributed by atoms with Gasteiger partial charge in [0.2, 0.25) is 0 Å². The molecule has 2 saturated heterocycles. The molecule has 160 valence electrons. The largest absolute Gasteiger partial charge is 0.496 e. The molecule has 6 heteroatoms. The summed E-state index contributed by atoms with van der Waals surface area (Å²) in [5, 5.41) is 0. The molecule has 0 spiro atoms. The van der Waals surface area contributed by atoms with Gasteiger partial charge in [-0.05, 0) is 55.7 Å². The van der Waals surface area contributed by atoms with Crippen LogP contribution in [0.25, 0.3) is 0 Å². The number of halogens is 1. The minimum absolute atomic E-state index is 0.0930. The summed E-state index contributed by atoms with van der Waals surface area (Å²) in [5.74, 6) is 0.737. The van der Waals surface area contributed by atoms with Gasteiger partial charge in [0, 0.05) is 50.9 Å². The van der Waals surface area contributed by atoms with Gasteiger partial charge in [-0.3, -0.25) is 9.69 Å². The Labute approximate surface area is 178 Å². The first kappa shape index (κ1) is 20.7. The van der Waals surface area contributed by atoms with E-state index in [1.54, 1.807) is 13.2 Å². The summed E-state index contributed by atoms with van der Waals surface area (Å²) in [7, 11) is 1.64. The average Bonchev–Trinajstić information content (AvgIpc) is 2.79. The Balaban J connectivity index is 1.37. The summed E-state index contributed by atoms with van der Waals surface area (Å²) >= 11 is 0. The number of para-hydroxylation sites is 1. The van der Waals surface area contributed by atoms with Crippen LogP contribution < -0.4 is 9.64 Å². The molecule has 2 aromatic rings. The maximum absolute atomic E-state index is 14.1. The van der Waals surface area contributed by atoms with E-state index in [2.05, 4.69) is 9.80 Å². The van der Waals surface area contributed by atoms with Gasteiger partial charge < -0.3 is 14.5 Å². The van der Waals surface area contributed by atoms with E-state index < -0.39 is 0 Å². The van der Waals surface area contributed by atoms with Gasteiger partial charge >= 0.3 is 0 Å². The van der Waals surface area contributed by atoms with Crippen LogP contribution in [-0.2, 0) is 0 Å². The molecule has 1 amide bonds. The van der Waals surface area contributed by atoms with Gasteiger partial charge in [-0.1, -0.05) is 12.1 Å². The molecule has 0 aliphatic carbocycles. The third-order valence-electron chi connectivity index (χ3n) is 6.35. The number of piperazine rings is 1. The van der Waals surface area contributed by atoms with Gasteiger partial charge in [0.25, 0.3) is 5.91 Å². The number of carbonyl (C=O) groups excluding carboxylic acids is 1. The predicted molar refractivity (Wildman–Crippen MR) is 117 cm³/mol. The molecule has 1 atom stereocenters. The maximum Gasteiger partial charge on any atom is 0.253 e. The first-order valence-electron chi connectivity index (χ1n) is 10.7.